The highest BCUT2D eigenvalue weighted by molar-refractivity contribution is 7.89. The first-order valence-electron chi connectivity index (χ1n) is 10.1. The molecular weight excluding hydrogens is 404 g/mol. The molecule has 3 heterocycles. The van der Waals surface area contributed by atoms with Crippen molar-refractivity contribution in [2.75, 3.05) is 54.4 Å². The zero-order valence-electron chi connectivity index (χ0n) is 17.0. The first-order valence-corrected chi connectivity index (χ1v) is 11.6. The second-order valence-electron chi connectivity index (χ2n) is 7.53. The van der Waals surface area contributed by atoms with E-state index in [-0.39, 0.29) is 10.8 Å². The van der Waals surface area contributed by atoms with Gasteiger partial charge < -0.3 is 15.1 Å². The Kier molecular flexibility index (Phi) is 5.87. The second kappa shape index (κ2) is 8.57. The minimum absolute atomic E-state index is 0.195. The summed E-state index contributed by atoms with van der Waals surface area (Å²) in [7, 11) is -3.58. The number of piperazine rings is 1. The smallest absolute Gasteiger partial charge is 0.243 e. The molecule has 0 saturated carbocycles. The number of rotatable bonds is 5. The van der Waals surface area contributed by atoms with E-state index in [0.29, 0.717) is 31.9 Å². The lowest BCUT2D eigenvalue weighted by Gasteiger charge is -2.35. The van der Waals surface area contributed by atoms with Crippen LogP contribution in [0.25, 0.3) is 0 Å². The van der Waals surface area contributed by atoms with Gasteiger partial charge in [0.15, 0.2) is 0 Å². The molecule has 30 heavy (non-hydrogen) atoms. The lowest BCUT2D eigenvalue weighted by atomic mass is 10.3. The molecule has 1 N–H and O–H groups in total. The topological polar surface area (TPSA) is 98.7 Å². The molecule has 9 nitrogen and oxygen atoms in total. The van der Waals surface area contributed by atoms with E-state index >= 15 is 0 Å². The molecule has 1 amide bonds. The van der Waals surface area contributed by atoms with Crippen molar-refractivity contribution in [3.05, 3.63) is 36.7 Å². The first kappa shape index (κ1) is 20.5. The van der Waals surface area contributed by atoms with Gasteiger partial charge in [0.1, 0.15) is 18.0 Å². The Morgan fingerprint density at radius 2 is 1.47 bits per heavy atom. The Hall–Kier alpha value is -2.72. The van der Waals surface area contributed by atoms with Gasteiger partial charge in [-0.3, -0.25) is 4.79 Å². The Morgan fingerprint density at radius 3 is 2.03 bits per heavy atom. The SMILES string of the molecule is CC(=O)Nc1ccc(S(=O)(=O)N2CCN(c3cc(N4CCCC4)ncn3)CC2)cc1. The molecule has 1 aromatic heterocycles. The molecule has 160 valence electrons. The third kappa shape index (κ3) is 4.39. The zero-order chi connectivity index (χ0) is 21.1. The molecule has 0 spiro atoms. The number of benzene rings is 1. The fraction of sp³-hybridized carbons (Fsp3) is 0.450. The van der Waals surface area contributed by atoms with Crippen molar-refractivity contribution in [3.8, 4) is 0 Å². The Labute approximate surface area is 176 Å². The van der Waals surface area contributed by atoms with Crippen LogP contribution in [0.5, 0.6) is 0 Å². The molecule has 4 rings (SSSR count). The number of amides is 1. The van der Waals surface area contributed by atoms with E-state index in [2.05, 4.69) is 25.1 Å². The summed E-state index contributed by atoms with van der Waals surface area (Å²) in [6.07, 6.45) is 3.95. The fourth-order valence-corrected chi connectivity index (χ4v) is 5.27. The summed E-state index contributed by atoms with van der Waals surface area (Å²) in [5, 5.41) is 2.64. The van der Waals surface area contributed by atoms with Gasteiger partial charge in [0.25, 0.3) is 0 Å². The van der Waals surface area contributed by atoms with Crippen LogP contribution in [-0.4, -0.2) is 67.9 Å². The average Bonchev–Trinajstić information content (AvgIpc) is 3.29. The fourth-order valence-electron chi connectivity index (χ4n) is 3.85. The van der Waals surface area contributed by atoms with Crippen molar-refractivity contribution in [1.82, 2.24) is 14.3 Å². The summed E-state index contributed by atoms with van der Waals surface area (Å²) >= 11 is 0. The van der Waals surface area contributed by atoms with Crippen LogP contribution in [0.2, 0.25) is 0 Å². The summed E-state index contributed by atoms with van der Waals surface area (Å²) in [6.45, 7) is 5.36. The molecule has 2 aliphatic rings. The number of hydrogen-bond donors (Lipinski definition) is 1. The second-order valence-corrected chi connectivity index (χ2v) is 9.46. The van der Waals surface area contributed by atoms with E-state index in [4.69, 9.17) is 0 Å². The Bertz CT molecular complexity index is 997. The molecule has 1 aromatic carbocycles. The van der Waals surface area contributed by atoms with E-state index in [1.165, 1.54) is 36.2 Å². The van der Waals surface area contributed by atoms with Gasteiger partial charge in [-0.25, -0.2) is 18.4 Å². The molecule has 2 fully saturated rings. The van der Waals surface area contributed by atoms with Crippen LogP contribution in [-0.2, 0) is 14.8 Å². The number of nitrogens with zero attached hydrogens (tertiary/aromatic N) is 5. The quantitative estimate of drug-likeness (QED) is 0.768. The number of nitrogens with one attached hydrogen (secondary N) is 1. The molecule has 2 aromatic rings. The number of aromatic nitrogens is 2. The molecular formula is C20H26N6O3S. The molecule has 0 radical (unpaired) electrons. The zero-order valence-corrected chi connectivity index (χ0v) is 17.8. The van der Waals surface area contributed by atoms with E-state index in [9.17, 15) is 13.2 Å². The maximum atomic E-state index is 13.0. The Morgan fingerprint density at radius 1 is 0.900 bits per heavy atom. The molecule has 0 unspecified atom stereocenters. The normalized spacial score (nSPS) is 17.9. The van der Waals surface area contributed by atoms with Crippen LogP contribution in [0.1, 0.15) is 19.8 Å². The van der Waals surface area contributed by atoms with E-state index in [0.717, 1.165) is 24.7 Å². The lowest BCUT2D eigenvalue weighted by Crippen LogP contribution is -2.49. The predicted molar refractivity (Wildman–Crippen MR) is 115 cm³/mol. The molecule has 0 atom stereocenters. The summed E-state index contributed by atoms with van der Waals surface area (Å²) < 4.78 is 27.5. The van der Waals surface area contributed by atoms with Crippen LogP contribution in [0.15, 0.2) is 41.6 Å². The van der Waals surface area contributed by atoms with Crippen LogP contribution in [0.4, 0.5) is 17.3 Å². The summed E-state index contributed by atoms with van der Waals surface area (Å²) in [6, 6.07) is 8.26. The molecule has 10 heteroatoms. The summed E-state index contributed by atoms with van der Waals surface area (Å²) in [5.41, 5.74) is 0.573. The highest BCUT2D eigenvalue weighted by atomic mass is 32.2. The van der Waals surface area contributed by atoms with Gasteiger partial charge in [0.2, 0.25) is 15.9 Å². The highest BCUT2D eigenvalue weighted by Crippen LogP contribution is 2.24. The van der Waals surface area contributed by atoms with Crippen molar-refractivity contribution in [2.24, 2.45) is 0 Å². The van der Waals surface area contributed by atoms with Crippen molar-refractivity contribution in [1.29, 1.82) is 0 Å². The van der Waals surface area contributed by atoms with Crippen LogP contribution >= 0.6 is 0 Å². The van der Waals surface area contributed by atoms with Gasteiger partial charge >= 0.3 is 0 Å². The minimum atomic E-state index is -3.58. The summed E-state index contributed by atoms with van der Waals surface area (Å²) in [4.78, 5) is 24.5. The van der Waals surface area contributed by atoms with Gasteiger partial charge in [-0.2, -0.15) is 4.31 Å². The van der Waals surface area contributed by atoms with E-state index in [1.54, 1.807) is 18.5 Å². The van der Waals surface area contributed by atoms with Gasteiger partial charge in [0, 0.05) is 57.9 Å². The van der Waals surface area contributed by atoms with Crippen molar-refractivity contribution in [3.63, 3.8) is 0 Å². The van der Waals surface area contributed by atoms with Crippen molar-refractivity contribution < 1.29 is 13.2 Å². The van der Waals surface area contributed by atoms with Crippen LogP contribution in [0, 0.1) is 0 Å². The number of anilines is 3. The molecule has 0 aliphatic carbocycles. The average molecular weight is 431 g/mol. The highest BCUT2D eigenvalue weighted by Gasteiger charge is 2.29. The van der Waals surface area contributed by atoms with Gasteiger partial charge in [0.05, 0.1) is 4.90 Å². The van der Waals surface area contributed by atoms with E-state index in [1.807, 2.05) is 6.07 Å². The molecule has 0 bridgehead atoms. The first-order chi connectivity index (χ1) is 14.4. The number of carbonyl (C=O) groups is 1. The molecule has 2 aliphatic heterocycles. The number of sulfonamides is 1. The van der Waals surface area contributed by atoms with Crippen LogP contribution < -0.4 is 15.1 Å². The lowest BCUT2D eigenvalue weighted by molar-refractivity contribution is -0.114. The third-order valence-electron chi connectivity index (χ3n) is 5.44. The van der Waals surface area contributed by atoms with Gasteiger partial charge in [-0.15, -0.1) is 0 Å². The van der Waals surface area contributed by atoms with Gasteiger partial charge in [-0.1, -0.05) is 0 Å². The standard InChI is InChI=1S/C20H26N6O3S/c1-16(27)23-17-4-6-18(7-5-17)30(28,29)26-12-10-25(11-13-26)20-14-19(21-15-22-20)24-8-2-3-9-24/h4-7,14-15H,2-3,8-13H2,1H3,(H,23,27). The summed E-state index contributed by atoms with van der Waals surface area (Å²) in [5.74, 6) is 1.58. The maximum absolute atomic E-state index is 13.0. The van der Waals surface area contributed by atoms with Crippen molar-refractivity contribution in [2.45, 2.75) is 24.7 Å². The van der Waals surface area contributed by atoms with Crippen molar-refractivity contribution >= 4 is 33.3 Å². The maximum Gasteiger partial charge on any atom is 0.243 e. The minimum Gasteiger partial charge on any atom is -0.356 e. The Balaban J connectivity index is 1.41. The number of hydrogen-bond acceptors (Lipinski definition) is 7. The third-order valence-corrected chi connectivity index (χ3v) is 7.36. The predicted octanol–water partition coefficient (Wildman–Crippen LogP) is 1.55. The number of carbonyl (C=O) groups excluding carboxylic acids is 1. The monoisotopic (exact) mass is 430 g/mol. The molecule has 2 saturated heterocycles. The van der Waals surface area contributed by atoms with Gasteiger partial charge in [-0.05, 0) is 37.1 Å². The van der Waals surface area contributed by atoms with E-state index < -0.39 is 10.0 Å². The van der Waals surface area contributed by atoms with Crippen LogP contribution in [0.3, 0.4) is 0 Å². The largest absolute Gasteiger partial charge is 0.356 e.